The summed E-state index contributed by atoms with van der Waals surface area (Å²) in [6.07, 6.45) is 1.52. The van der Waals surface area contributed by atoms with Crippen molar-refractivity contribution in [3.8, 4) is 22.6 Å². The monoisotopic (exact) mass is 277 g/mol. The van der Waals surface area contributed by atoms with E-state index >= 15 is 0 Å². The van der Waals surface area contributed by atoms with Crippen LogP contribution in [0, 0.1) is 5.82 Å². The Kier molecular flexibility index (Phi) is 2.76. The maximum Gasteiger partial charge on any atom is 0.153 e. The van der Waals surface area contributed by atoms with Crippen LogP contribution in [0.2, 0.25) is 5.02 Å². The van der Waals surface area contributed by atoms with Crippen LogP contribution in [0.15, 0.2) is 41.0 Å². The van der Waals surface area contributed by atoms with E-state index in [0.29, 0.717) is 17.0 Å². The molecule has 0 saturated heterocycles. The largest absolute Gasteiger partial charge is 0.463 e. The third-order valence-corrected chi connectivity index (χ3v) is 3.07. The normalized spacial score (nSPS) is 10.8. The quantitative estimate of drug-likeness (QED) is 0.750. The van der Waals surface area contributed by atoms with Crippen LogP contribution < -0.4 is 5.73 Å². The maximum atomic E-state index is 14.1. The number of furan rings is 1. The fourth-order valence-electron chi connectivity index (χ4n) is 1.92. The Morgan fingerprint density at radius 3 is 2.84 bits per heavy atom. The molecule has 19 heavy (non-hydrogen) atoms. The number of nitrogens with two attached hydrogens (primary N) is 1. The lowest BCUT2D eigenvalue weighted by molar-refractivity contribution is 0.580. The number of nitrogen functional groups attached to an aromatic ring is 1. The minimum Gasteiger partial charge on any atom is -0.463 e. The van der Waals surface area contributed by atoms with Crippen LogP contribution in [0.1, 0.15) is 0 Å². The molecule has 0 fully saturated rings. The third kappa shape index (κ3) is 1.88. The summed E-state index contributed by atoms with van der Waals surface area (Å²) in [5, 5.41) is 6.68. The van der Waals surface area contributed by atoms with Gasteiger partial charge in [0, 0.05) is 5.56 Å². The van der Waals surface area contributed by atoms with Gasteiger partial charge in [-0.1, -0.05) is 23.7 Å². The molecular formula is C13H9ClFN3O. The minimum atomic E-state index is -0.537. The summed E-state index contributed by atoms with van der Waals surface area (Å²) in [6.45, 7) is 0. The Labute approximate surface area is 113 Å². The summed E-state index contributed by atoms with van der Waals surface area (Å²) < 4.78 is 19.4. The van der Waals surface area contributed by atoms with Crippen molar-refractivity contribution in [2.45, 2.75) is 0 Å². The summed E-state index contributed by atoms with van der Waals surface area (Å²) in [5.74, 6) is 0.177. The molecule has 6 heteroatoms. The van der Waals surface area contributed by atoms with Gasteiger partial charge in [-0.15, -0.1) is 0 Å². The van der Waals surface area contributed by atoms with Crippen LogP contribution >= 0.6 is 11.6 Å². The molecule has 96 valence electrons. The van der Waals surface area contributed by atoms with Crippen LogP contribution in [0.25, 0.3) is 22.6 Å². The molecule has 0 aliphatic rings. The Hall–Kier alpha value is -2.27. The molecule has 0 saturated carbocycles. The van der Waals surface area contributed by atoms with E-state index in [2.05, 4.69) is 10.2 Å². The highest BCUT2D eigenvalue weighted by Crippen LogP contribution is 2.37. The Balaban J connectivity index is 2.26. The second kappa shape index (κ2) is 4.44. The number of nitrogens with one attached hydrogen (secondary N) is 1. The van der Waals surface area contributed by atoms with Gasteiger partial charge in [0.25, 0.3) is 0 Å². The van der Waals surface area contributed by atoms with Gasteiger partial charge in [0.1, 0.15) is 11.5 Å². The van der Waals surface area contributed by atoms with E-state index in [1.54, 1.807) is 24.3 Å². The molecule has 3 aromatic rings. The molecule has 2 aromatic heterocycles. The lowest BCUT2D eigenvalue weighted by Gasteiger charge is -2.05. The number of hydrogen-bond acceptors (Lipinski definition) is 3. The highest BCUT2D eigenvalue weighted by molar-refractivity contribution is 6.31. The van der Waals surface area contributed by atoms with E-state index in [4.69, 9.17) is 21.8 Å². The number of halogens is 2. The van der Waals surface area contributed by atoms with Gasteiger partial charge >= 0.3 is 0 Å². The van der Waals surface area contributed by atoms with Crippen molar-refractivity contribution in [2.75, 3.05) is 5.73 Å². The summed E-state index contributed by atoms with van der Waals surface area (Å²) in [4.78, 5) is 0. The predicted octanol–water partition coefficient (Wildman–Crippen LogP) is 3.71. The fourth-order valence-corrected chi connectivity index (χ4v) is 2.10. The summed E-state index contributed by atoms with van der Waals surface area (Å²) in [7, 11) is 0. The third-order valence-electron chi connectivity index (χ3n) is 2.78. The Morgan fingerprint density at radius 1 is 1.26 bits per heavy atom. The van der Waals surface area contributed by atoms with E-state index in [0.717, 1.165) is 0 Å². The van der Waals surface area contributed by atoms with Crippen LogP contribution in [0.3, 0.4) is 0 Å². The van der Waals surface area contributed by atoms with E-state index in [1.807, 2.05) is 0 Å². The highest BCUT2D eigenvalue weighted by atomic mass is 35.5. The van der Waals surface area contributed by atoms with Gasteiger partial charge in [0.15, 0.2) is 11.6 Å². The number of benzene rings is 1. The first kappa shape index (κ1) is 11.8. The number of anilines is 1. The van der Waals surface area contributed by atoms with Crippen molar-refractivity contribution in [1.29, 1.82) is 0 Å². The van der Waals surface area contributed by atoms with Crippen molar-refractivity contribution in [3.05, 3.63) is 47.4 Å². The first-order valence-electron chi connectivity index (χ1n) is 5.50. The molecule has 2 heterocycles. The number of aromatic nitrogens is 2. The number of rotatable bonds is 2. The molecule has 3 N–H and O–H groups in total. The lowest BCUT2D eigenvalue weighted by Crippen LogP contribution is -1.92. The maximum absolute atomic E-state index is 14.1. The average Bonchev–Trinajstić information content (AvgIpc) is 3.02. The summed E-state index contributed by atoms with van der Waals surface area (Å²) >= 11 is 5.79. The van der Waals surface area contributed by atoms with Crippen molar-refractivity contribution >= 4 is 17.4 Å². The topological polar surface area (TPSA) is 67.8 Å². The minimum absolute atomic E-state index is 0.0310. The zero-order valence-corrected chi connectivity index (χ0v) is 10.4. The van der Waals surface area contributed by atoms with Crippen LogP contribution in [0.4, 0.5) is 10.2 Å². The number of aromatic amines is 1. The van der Waals surface area contributed by atoms with Crippen molar-refractivity contribution in [3.63, 3.8) is 0 Å². The standard InChI is InChI=1S/C13H9ClFN3O/c14-8-4-1-3-7(11(8)15)10-12(17-18-13(10)16)9-5-2-6-19-9/h1-6H,(H3,16,17,18). The predicted molar refractivity (Wildman–Crippen MR) is 71.1 cm³/mol. The molecule has 0 amide bonds. The molecule has 0 aliphatic heterocycles. The molecule has 0 unspecified atom stereocenters. The highest BCUT2D eigenvalue weighted by Gasteiger charge is 2.20. The molecule has 0 atom stereocenters. The van der Waals surface area contributed by atoms with E-state index < -0.39 is 5.82 Å². The van der Waals surface area contributed by atoms with E-state index in [-0.39, 0.29) is 16.4 Å². The summed E-state index contributed by atoms with van der Waals surface area (Å²) in [5.41, 5.74) is 7.04. The van der Waals surface area contributed by atoms with Crippen molar-refractivity contribution < 1.29 is 8.81 Å². The second-order valence-corrected chi connectivity index (χ2v) is 4.34. The average molecular weight is 278 g/mol. The molecule has 0 bridgehead atoms. The fraction of sp³-hybridized carbons (Fsp3) is 0. The smallest absolute Gasteiger partial charge is 0.153 e. The van der Waals surface area contributed by atoms with Crippen LogP contribution in [-0.2, 0) is 0 Å². The molecule has 1 aromatic carbocycles. The van der Waals surface area contributed by atoms with Crippen molar-refractivity contribution in [2.24, 2.45) is 0 Å². The van der Waals surface area contributed by atoms with Gasteiger partial charge in [-0.05, 0) is 18.2 Å². The number of H-pyrrole nitrogens is 1. The van der Waals surface area contributed by atoms with Crippen molar-refractivity contribution in [1.82, 2.24) is 10.2 Å². The first-order valence-corrected chi connectivity index (χ1v) is 5.88. The van der Waals surface area contributed by atoms with Gasteiger partial charge in [0.2, 0.25) is 0 Å². The van der Waals surface area contributed by atoms with Gasteiger partial charge in [-0.3, -0.25) is 5.10 Å². The molecule has 0 radical (unpaired) electrons. The first-order chi connectivity index (χ1) is 9.18. The van der Waals surface area contributed by atoms with Gasteiger partial charge in [-0.2, -0.15) is 5.10 Å². The zero-order chi connectivity index (χ0) is 13.4. The Morgan fingerprint density at radius 2 is 2.11 bits per heavy atom. The van der Waals surface area contributed by atoms with Gasteiger partial charge in [0.05, 0.1) is 16.8 Å². The van der Waals surface area contributed by atoms with Gasteiger partial charge < -0.3 is 10.2 Å². The summed E-state index contributed by atoms with van der Waals surface area (Å²) in [6, 6.07) is 8.18. The lowest BCUT2D eigenvalue weighted by atomic mass is 10.0. The van der Waals surface area contributed by atoms with E-state index in [9.17, 15) is 4.39 Å². The molecule has 0 aliphatic carbocycles. The second-order valence-electron chi connectivity index (χ2n) is 3.94. The SMILES string of the molecule is Nc1n[nH]c(-c2ccco2)c1-c1cccc(Cl)c1F. The number of hydrogen-bond donors (Lipinski definition) is 2. The van der Waals surface area contributed by atoms with Crippen LogP contribution in [0.5, 0.6) is 0 Å². The Bertz CT molecular complexity index is 722. The van der Waals surface area contributed by atoms with E-state index in [1.165, 1.54) is 12.3 Å². The zero-order valence-electron chi connectivity index (χ0n) is 9.65. The molecule has 4 nitrogen and oxygen atoms in total. The number of nitrogens with zero attached hydrogens (tertiary/aromatic N) is 1. The van der Waals surface area contributed by atoms with Crippen LogP contribution in [-0.4, -0.2) is 10.2 Å². The molecule has 3 rings (SSSR count). The molecular weight excluding hydrogens is 269 g/mol. The molecule has 0 spiro atoms. The van der Waals surface area contributed by atoms with Gasteiger partial charge in [-0.25, -0.2) is 4.39 Å².